The van der Waals surface area contributed by atoms with E-state index < -0.39 is 0 Å². The Bertz CT molecular complexity index is 472. The number of likely N-dealkylation sites (N-methyl/N-ethyl adjacent to an activating group) is 1. The summed E-state index contributed by atoms with van der Waals surface area (Å²) in [6.45, 7) is 0.804. The number of nitrogens with zero attached hydrogens (tertiary/aromatic N) is 2. The lowest BCUT2D eigenvalue weighted by Crippen LogP contribution is -2.47. The normalized spacial score (nSPS) is 17.5. The van der Waals surface area contributed by atoms with Crippen LogP contribution in [0.2, 0.25) is 10.0 Å². The van der Waals surface area contributed by atoms with Crippen LogP contribution in [0.5, 0.6) is 0 Å². The van der Waals surface area contributed by atoms with Gasteiger partial charge in [-0.2, -0.15) is 0 Å². The molecule has 0 atom stereocenters. The fourth-order valence-electron chi connectivity index (χ4n) is 2.76. The molecule has 1 aromatic heterocycles. The van der Waals surface area contributed by atoms with E-state index in [1.807, 2.05) is 0 Å². The van der Waals surface area contributed by atoms with Crippen molar-refractivity contribution in [3.05, 3.63) is 16.1 Å². The number of rotatable bonds is 5. The highest BCUT2D eigenvalue weighted by molar-refractivity contribution is 6.37. The van der Waals surface area contributed by atoms with Crippen molar-refractivity contribution in [1.82, 2.24) is 9.88 Å². The first kappa shape index (κ1) is 15.6. The van der Waals surface area contributed by atoms with Crippen molar-refractivity contribution in [2.75, 3.05) is 31.4 Å². The standard InChI is InChI=1S/C13H21Cl2N5/c1-20(2)13(5-3-4-6-13)8-17-11-9(14)7-10(15)12(18-11)19-16/h7H,3-6,8,16H2,1-2H3,(H2,17,18,19). The Morgan fingerprint density at radius 1 is 1.25 bits per heavy atom. The Labute approximate surface area is 129 Å². The number of nitrogens with two attached hydrogens (primary N) is 1. The molecule has 1 aliphatic rings. The van der Waals surface area contributed by atoms with Crippen molar-refractivity contribution in [3.63, 3.8) is 0 Å². The molecule has 5 nitrogen and oxygen atoms in total. The molecule has 0 spiro atoms. The maximum atomic E-state index is 6.18. The molecule has 0 amide bonds. The molecule has 2 rings (SSSR count). The summed E-state index contributed by atoms with van der Waals surface area (Å²) in [6, 6.07) is 1.64. The van der Waals surface area contributed by atoms with Crippen molar-refractivity contribution >= 4 is 34.8 Å². The minimum Gasteiger partial charge on any atom is -0.367 e. The van der Waals surface area contributed by atoms with Gasteiger partial charge in [-0.3, -0.25) is 0 Å². The lowest BCUT2D eigenvalue weighted by Gasteiger charge is -2.36. The van der Waals surface area contributed by atoms with Gasteiger partial charge in [0.25, 0.3) is 0 Å². The fourth-order valence-corrected chi connectivity index (χ4v) is 3.24. The van der Waals surface area contributed by atoms with Crippen LogP contribution in [-0.4, -0.2) is 36.1 Å². The maximum Gasteiger partial charge on any atom is 0.161 e. The zero-order valence-electron chi connectivity index (χ0n) is 11.8. The van der Waals surface area contributed by atoms with Gasteiger partial charge in [-0.1, -0.05) is 36.0 Å². The van der Waals surface area contributed by atoms with Crippen LogP contribution in [0.25, 0.3) is 0 Å². The average molecular weight is 318 g/mol. The molecule has 1 saturated carbocycles. The van der Waals surface area contributed by atoms with Gasteiger partial charge in [0, 0.05) is 12.1 Å². The highest BCUT2D eigenvalue weighted by Crippen LogP contribution is 2.35. The first-order valence-corrected chi connectivity index (χ1v) is 7.48. The van der Waals surface area contributed by atoms with Crippen LogP contribution in [0.1, 0.15) is 25.7 Å². The highest BCUT2D eigenvalue weighted by Gasteiger charge is 2.35. The predicted octanol–water partition coefficient (Wildman–Crippen LogP) is 2.96. The molecule has 1 heterocycles. The SMILES string of the molecule is CN(C)C1(CNc2nc(NN)c(Cl)cc2Cl)CCCC1. The van der Waals surface area contributed by atoms with Crippen molar-refractivity contribution in [1.29, 1.82) is 0 Å². The molecule has 1 fully saturated rings. The summed E-state index contributed by atoms with van der Waals surface area (Å²) >= 11 is 12.2. The predicted molar refractivity (Wildman–Crippen MR) is 85.4 cm³/mol. The summed E-state index contributed by atoms with van der Waals surface area (Å²) in [4.78, 5) is 6.60. The Morgan fingerprint density at radius 3 is 2.40 bits per heavy atom. The molecule has 4 N–H and O–H groups in total. The van der Waals surface area contributed by atoms with E-state index in [-0.39, 0.29) is 5.54 Å². The molecule has 0 bridgehead atoms. The molecule has 0 unspecified atom stereocenters. The van der Waals surface area contributed by atoms with Crippen LogP contribution in [0, 0.1) is 0 Å². The number of halogens is 2. The molecular formula is C13H21Cl2N5. The van der Waals surface area contributed by atoms with E-state index >= 15 is 0 Å². The van der Waals surface area contributed by atoms with Gasteiger partial charge in [0.1, 0.15) is 5.82 Å². The molecule has 1 aliphatic carbocycles. The molecule has 0 aromatic carbocycles. The van der Waals surface area contributed by atoms with Crippen LogP contribution >= 0.6 is 23.2 Å². The summed E-state index contributed by atoms with van der Waals surface area (Å²) in [7, 11) is 4.24. The van der Waals surface area contributed by atoms with Gasteiger partial charge in [0.05, 0.1) is 10.0 Å². The van der Waals surface area contributed by atoms with Gasteiger partial charge in [-0.25, -0.2) is 10.8 Å². The third-order valence-corrected chi connectivity index (χ3v) is 4.71. The number of hydrogen-bond donors (Lipinski definition) is 3. The highest BCUT2D eigenvalue weighted by atomic mass is 35.5. The molecule has 0 saturated heterocycles. The first-order valence-electron chi connectivity index (χ1n) is 6.72. The summed E-state index contributed by atoms with van der Waals surface area (Å²) in [5, 5.41) is 4.25. The molecule has 0 radical (unpaired) electrons. The molecule has 0 aliphatic heterocycles. The summed E-state index contributed by atoms with van der Waals surface area (Å²) in [6.07, 6.45) is 4.88. The topological polar surface area (TPSA) is 66.2 Å². The van der Waals surface area contributed by atoms with Crippen molar-refractivity contribution in [3.8, 4) is 0 Å². The van der Waals surface area contributed by atoms with E-state index in [0.717, 1.165) is 6.54 Å². The summed E-state index contributed by atoms with van der Waals surface area (Å²) in [5.41, 5.74) is 2.64. The van der Waals surface area contributed by atoms with Crippen LogP contribution in [0.4, 0.5) is 11.6 Å². The second kappa shape index (κ2) is 6.35. The number of aromatic nitrogens is 1. The van der Waals surface area contributed by atoms with E-state index in [2.05, 4.69) is 34.7 Å². The first-order chi connectivity index (χ1) is 9.48. The molecule has 20 heavy (non-hydrogen) atoms. The van der Waals surface area contributed by atoms with Crippen molar-refractivity contribution < 1.29 is 0 Å². The molecular weight excluding hydrogens is 297 g/mol. The minimum atomic E-state index is 0.168. The Kier molecular flexibility index (Phi) is 4.96. The summed E-state index contributed by atoms with van der Waals surface area (Å²) < 4.78 is 0. The van der Waals surface area contributed by atoms with Gasteiger partial charge >= 0.3 is 0 Å². The summed E-state index contributed by atoms with van der Waals surface area (Å²) in [5.74, 6) is 6.41. The van der Waals surface area contributed by atoms with Crippen LogP contribution in [-0.2, 0) is 0 Å². The largest absolute Gasteiger partial charge is 0.367 e. The van der Waals surface area contributed by atoms with Gasteiger partial charge < -0.3 is 15.6 Å². The number of nitrogen functional groups attached to an aromatic ring is 1. The quantitative estimate of drug-likeness (QED) is 0.575. The van der Waals surface area contributed by atoms with E-state index in [0.29, 0.717) is 21.7 Å². The van der Waals surface area contributed by atoms with E-state index in [4.69, 9.17) is 29.0 Å². The maximum absolute atomic E-state index is 6.18. The Morgan fingerprint density at radius 2 is 1.85 bits per heavy atom. The van der Waals surface area contributed by atoms with E-state index in [1.54, 1.807) is 6.07 Å². The molecule has 112 valence electrons. The van der Waals surface area contributed by atoms with E-state index in [1.165, 1.54) is 25.7 Å². The number of hydrogen-bond acceptors (Lipinski definition) is 5. The minimum absolute atomic E-state index is 0.168. The number of anilines is 2. The molecule has 7 heteroatoms. The lowest BCUT2D eigenvalue weighted by molar-refractivity contribution is 0.172. The fraction of sp³-hybridized carbons (Fsp3) is 0.615. The average Bonchev–Trinajstić information content (AvgIpc) is 2.88. The number of hydrazine groups is 1. The van der Waals surface area contributed by atoms with Gasteiger partial charge in [-0.15, -0.1) is 0 Å². The molecule has 1 aromatic rings. The zero-order chi connectivity index (χ0) is 14.8. The van der Waals surface area contributed by atoms with Gasteiger partial charge in [0.2, 0.25) is 0 Å². The smallest absolute Gasteiger partial charge is 0.161 e. The Hall–Kier alpha value is -0.750. The van der Waals surface area contributed by atoms with Gasteiger partial charge in [-0.05, 0) is 33.0 Å². The van der Waals surface area contributed by atoms with E-state index in [9.17, 15) is 0 Å². The van der Waals surface area contributed by atoms with Crippen molar-refractivity contribution in [2.45, 2.75) is 31.2 Å². The number of nitrogens with one attached hydrogen (secondary N) is 2. The third kappa shape index (κ3) is 3.11. The lowest BCUT2D eigenvalue weighted by atomic mass is 9.96. The second-order valence-corrected chi connectivity index (χ2v) is 6.29. The van der Waals surface area contributed by atoms with Crippen molar-refractivity contribution in [2.24, 2.45) is 5.84 Å². The van der Waals surface area contributed by atoms with Crippen LogP contribution < -0.4 is 16.6 Å². The number of pyridine rings is 1. The Balaban J connectivity index is 2.14. The monoisotopic (exact) mass is 317 g/mol. The zero-order valence-corrected chi connectivity index (χ0v) is 13.4. The second-order valence-electron chi connectivity index (χ2n) is 5.47. The van der Waals surface area contributed by atoms with Crippen LogP contribution in [0.3, 0.4) is 0 Å². The van der Waals surface area contributed by atoms with Gasteiger partial charge in [0.15, 0.2) is 5.82 Å². The third-order valence-electron chi connectivity index (χ3n) is 4.13. The van der Waals surface area contributed by atoms with Crippen LogP contribution in [0.15, 0.2) is 6.07 Å².